The number of hydrogen-bond acceptors (Lipinski definition) is 5. The van der Waals surface area contributed by atoms with Crippen LogP contribution in [0.5, 0.6) is 0 Å². The maximum absolute atomic E-state index is 9.91. The van der Waals surface area contributed by atoms with Crippen LogP contribution in [0, 0.1) is 0 Å². The minimum atomic E-state index is -0.694. The Morgan fingerprint density at radius 3 is 2.40 bits per heavy atom. The summed E-state index contributed by atoms with van der Waals surface area (Å²) in [6.07, 6.45) is -2.21. The zero-order chi connectivity index (χ0) is 11.2. The second-order valence-corrected chi connectivity index (χ2v) is 4.50. The van der Waals surface area contributed by atoms with Crippen molar-refractivity contribution in [2.24, 2.45) is 0 Å². The Morgan fingerprint density at radius 1 is 1.20 bits per heavy atom. The molecule has 2 aliphatic rings. The molecule has 2 heterocycles. The molecule has 5 heteroatoms. The third kappa shape index (κ3) is 1.90. The Labute approximate surface area is 89.3 Å². The van der Waals surface area contributed by atoms with Crippen LogP contribution in [-0.4, -0.2) is 48.7 Å². The minimum absolute atomic E-state index is 0.311. The second kappa shape index (κ2) is 3.68. The highest BCUT2D eigenvalue weighted by molar-refractivity contribution is 4.94. The molecule has 1 N–H and O–H groups in total. The van der Waals surface area contributed by atoms with Crippen LogP contribution in [0.2, 0.25) is 0 Å². The lowest BCUT2D eigenvalue weighted by molar-refractivity contribution is -0.262. The highest BCUT2D eigenvalue weighted by Crippen LogP contribution is 2.37. The van der Waals surface area contributed by atoms with Crippen molar-refractivity contribution in [3.63, 3.8) is 0 Å². The SMILES string of the molecule is CO[C@@H]1O[C@@H](C)[C@@H](O)[C@H]2OC(C)(C)O[C@@H]12. The van der Waals surface area contributed by atoms with Gasteiger partial charge in [0, 0.05) is 7.11 Å². The van der Waals surface area contributed by atoms with Crippen LogP contribution in [0.4, 0.5) is 0 Å². The number of rotatable bonds is 1. The highest BCUT2D eigenvalue weighted by Gasteiger charge is 2.54. The molecule has 0 amide bonds. The quantitative estimate of drug-likeness (QED) is 0.684. The minimum Gasteiger partial charge on any atom is -0.388 e. The molecule has 2 rings (SSSR count). The van der Waals surface area contributed by atoms with Crippen LogP contribution in [0.1, 0.15) is 20.8 Å². The Morgan fingerprint density at radius 2 is 1.80 bits per heavy atom. The molecule has 0 aromatic heterocycles. The van der Waals surface area contributed by atoms with Crippen molar-refractivity contribution >= 4 is 0 Å². The largest absolute Gasteiger partial charge is 0.388 e. The van der Waals surface area contributed by atoms with Gasteiger partial charge < -0.3 is 24.1 Å². The topological polar surface area (TPSA) is 57.2 Å². The lowest BCUT2D eigenvalue weighted by Crippen LogP contribution is -2.55. The van der Waals surface area contributed by atoms with Gasteiger partial charge in [0.25, 0.3) is 0 Å². The van der Waals surface area contributed by atoms with Crippen molar-refractivity contribution in [3.8, 4) is 0 Å². The van der Waals surface area contributed by atoms with Crippen LogP contribution >= 0.6 is 0 Å². The third-order valence-electron chi connectivity index (χ3n) is 2.83. The number of fused-ring (bicyclic) bond motifs is 1. The first-order chi connectivity index (χ1) is 6.94. The lowest BCUT2D eigenvalue weighted by atomic mass is 10.0. The molecule has 0 aromatic rings. The van der Waals surface area contributed by atoms with Gasteiger partial charge >= 0.3 is 0 Å². The average Bonchev–Trinajstić information content (AvgIpc) is 2.48. The van der Waals surface area contributed by atoms with E-state index >= 15 is 0 Å². The van der Waals surface area contributed by atoms with Crippen LogP contribution in [0.25, 0.3) is 0 Å². The van der Waals surface area contributed by atoms with Gasteiger partial charge in [-0.2, -0.15) is 0 Å². The third-order valence-corrected chi connectivity index (χ3v) is 2.83. The van der Waals surface area contributed by atoms with E-state index in [2.05, 4.69) is 0 Å². The molecule has 2 aliphatic heterocycles. The van der Waals surface area contributed by atoms with E-state index in [0.717, 1.165) is 0 Å². The van der Waals surface area contributed by atoms with E-state index in [1.54, 1.807) is 14.0 Å². The number of methoxy groups -OCH3 is 1. The van der Waals surface area contributed by atoms with Gasteiger partial charge in [-0.1, -0.05) is 0 Å². The summed E-state index contributed by atoms with van der Waals surface area (Å²) < 4.78 is 21.9. The summed E-state index contributed by atoms with van der Waals surface area (Å²) in [5.74, 6) is -0.694. The van der Waals surface area contributed by atoms with Crippen LogP contribution < -0.4 is 0 Å². The molecular weight excluding hydrogens is 200 g/mol. The van der Waals surface area contributed by atoms with Gasteiger partial charge in [-0.25, -0.2) is 0 Å². The summed E-state index contributed by atoms with van der Waals surface area (Å²) in [6.45, 7) is 5.42. The maximum atomic E-state index is 9.91. The molecule has 88 valence electrons. The lowest BCUT2D eigenvalue weighted by Gasteiger charge is -2.37. The van der Waals surface area contributed by atoms with E-state index < -0.39 is 18.2 Å². The zero-order valence-corrected chi connectivity index (χ0v) is 9.47. The Hall–Kier alpha value is -0.200. The normalized spacial score (nSPS) is 49.0. The smallest absolute Gasteiger partial charge is 0.186 e. The molecule has 5 atom stereocenters. The predicted molar refractivity (Wildman–Crippen MR) is 51.2 cm³/mol. The standard InChI is InChI=1S/C10H18O5/c1-5-6(11)7-8(9(12-4)13-5)15-10(2,3)14-7/h5-9,11H,1-4H3/t5-,6+,7+,8+,9+/m0/s1. The summed E-state index contributed by atoms with van der Waals surface area (Å²) in [7, 11) is 1.56. The van der Waals surface area contributed by atoms with Gasteiger partial charge in [-0.3, -0.25) is 0 Å². The van der Waals surface area contributed by atoms with Gasteiger partial charge in [-0.15, -0.1) is 0 Å². The fraction of sp³-hybridized carbons (Fsp3) is 1.00. The molecule has 0 bridgehead atoms. The number of aliphatic hydroxyl groups excluding tert-OH is 1. The van der Waals surface area contributed by atoms with E-state index in [-0.39, 0.29) is 18.3 Å². The van der Waals surface area contributed by atoms with Crippen molar-refractivity contribution in [2.45, 2.75) is 57.3 Å². The summed E-state index contributed by atoms with van der Waals surface area (Å²) in [6, 6.07) is 0. The predicted octanol–water partition coefficient (Wildman–Crippen LogP) is 0.259. The summed E-state index contributed by atoms with van der Waals surface area (Å²) in [4.78, 5) is 0. The van der Waals surface area contributed by atoms with E-state index in [4.69, 9.17) is 18.9 Å². The van der Waals surface area contributed by atoms with E-state index in [1.165, 1.54) is 0 Å². The molecule has 0 spiro atoms. The number of hydrogen-bond donors (Lipinski definition) is 1. The van der Waals surface area contributed by atoms with Gasteiger partial charge in [0.15, 0.2) is 12.1 Å². The first-order valence-corrected chi connectivity index (χ1v) is 5.16. The summed E-state index contributed by atoms with van der Waals surface area (Å²) in [5.41, 5.74) is 0. The Kier molecular flexibility index (Phi) is 2.77. The molecule has 15 heavy (non-hydrogen) atoms. The van der Waals surface area contributed by atoms with Gasteiger partial charge in [0.05, 0.1) is 6.10 Å². The molecule has 0 aromatic carbocycles. The maximum Gasteiger partial charge on any atom is 0.186 e. The van der Waals surface area contributed by atoms with Gasteiger partial charge in [0.1, 0.15) is 18.3 Å². The Bertz CT molecular complexity index is 234. The van der Waals surface area contributed by atoms with Crippen molar-refractivity contribution in [2.75, 3.05) is 7.11 Å². The highest BCUT2D eigenvalue weighted by atomic mass is 16.8. The average molecular weight is 218 g/mol. The molecule has 5 nitrogen and oxygen atoms in total. The van der Waals surface area contributed by atoms with E-state index in [9.17, 15) is 5.11 Å². The van der Waals surface area contributed by atoms with Crippen molar-refractivity contribution in [1.82, 2.24) is 0 Å². The first kappa shape index (κ1) is 11.3. The fourth-order valence-corrected chi connectivity index (χ4v) is 2.12. The van der Waals surface area contributed by atoms with Crippen LogP contribution in [0.3, 0.4) is 0 Å². The second-order valence-electron chi connectivity index (χ2n) is 4.50. The first-order valence-electron chi connectivity index (χ1n) is 5.16. The molecule has 0 aliphatic carbocycles. The molecule has 0 saturated carbocycles. The number of aliphatic hydroxyl groups is 1. The zero-order valence-electron chi connectivity index (χ0n) is 9.47. The van der Waals surface area contributed by atoms with E-state index in [1.807, 2.05) is 13.8 Å². The summed E-state index contributed by atoms with van der Waals surface area (Å²) in [5, 5.41) is 9.91. The van der Waals surface area contributed by atoms with Crippen molar-refractivity contribution < 1.29 is 24.1 Å². The Balaban J connectivity index is 2.18. The van der Waals surface area contributed by atoms with Crippen LogP contribution in [0.15, 0.2) is 0 Å². The van der Waals surface area contributed by atoms with Gasteiger partial charge in [-0.05, 0) is 20.8 Å². The summed E-state index contributed by atoms with van der Waals surface area (Å²) >= 11 is 0. The van der Waals surface area contributed by atoms with Gasteiger partial charge in [0.2, 0.25) is 0 Å². The van der Waals surface area contributed by atoms with E-state index in [0.29, 0.717) is 0 Å². The molecule has 2 saturated heterocycles. The molecular formula is C10H18O5. The molecule has 0 unspecified atom stereocenters. The molecule has 0 radical (unpaired) electrons. The molecule has 2 fully saturated rings. The monoisotopic (exact) mass is 218 g/mol. The number of ether oxygens (including phenoxy) is 4. The fourth-order valence-electron chi connectivity index (χ4n) is 2.12. The van der Waals surface area contributed by atoms with Crippen molar-refractivity contribution in [3.05, 3.63) is 0 Å². The van der Waals surface area contributed by atoms with Crippen molar-refractivity contribution in [1.29, 1.82) is 0 Å². The van der Waals surface area contributed by atoms with Crippen LogP contribution in [-0.2, 0) is 18.9 Å².